The maximum atomic E-state index is 11.7. The predicted octanol–water partition coefficient (Wildman–Crippen LogP) is 4.10. The van der Waals surface area contributed by atoms with Gasteiger partial charge in [-0.25, -0.2) is 0 Å². The second-order valence-corrected chi connectivity index (χ2v) is 9.46. The van der Waals surface area contributed by atoms with Gasteiger partial charge in [-0.1, -0.05) is 32.0 Å². The minimum absolute atomic E-state index is 0. The van der Waals surface area contributed by atoms with Crippen LogP contribution in [0, 0.1) is 0 Å². The van der Waals surface area contributed by atoms with Crippen molar-refractivity contribution in [3.63, 3.8) is 0 Å². The number of amides is 1. The Kier molecular flexibility index (Phi) is 10.8. The van der Waals surface area contributed by atoms with Crippen LogP contribution in [0.5, 0.6) is 5.75 Å². The molecule has 176 valence electrons. The Morgan fingerprint density at radius 3 is 2.56 bits per heavy atom. The van der Waals surface area contributed by atoms with Crippen molar-refractivity contribution < 1.29 is 9.53 Å². The molecule has 0 aliphatic heterocycles. The van der Waals surface area contributed by atoms with Gasteiger partial charge in [0, 0.05) is 29.4 Å². The smallest absolute Gasteiger partial charge is 0.258 e. The molecule has 0 atom stereocenters. The van der Waals surface area contributed by atoms with E-state index < -0.39 is 0 Å². The molecule has 0 bridgehead atoms. The molecule has 0 radical (unpaired) electrons. The molecule has 3 N–H and O–H groups in total. The van der Waals surface area contributed by atoms with Gasteiger partial charge in [0.15, 0.2) is 12.6 Å². The van der Waals surface area contributed by atoms with Crippen LogP contribution in [0.1, 0.15) is 44.1 Å². The van der Waals surface area contributed by atoms with Crippen LogP contribution in [0.4, 0.5) is 0 Å². The molecular formula is C24H35IN4O2S. The van der Waals surface area contributed by atoms with Crippen molar-refractivity contribution >= 4 is 47.2 Å². The van der Waals surface area contributed by atoms with E-state index in [9.17, 15) is 4.79 Å². The predicted molar refractivity (Wildman–Crippen MR) is 144 cm³/mol. The highest BCUT2D eigenvalue weighted by Gasteiger charge is 2.23. The summed E-state index contributed by atoms with van der Waals surface area (Å²) in [5.74, 6) is 1.51. The van der Waals surface area contributed by atoms with Crippen LogP contribution in [0.3, 0.4) is 0 Å². The number of guanidine groups is 1. The molecule has 0 spiro atoms. The van der Waals surface area contributed by atoms with Gasteiger partial charge < -0.3 is 20.7 Å². The Hall–Kier alpha value is -1.81. The first-order valence-electron chi connectivity index (χ1n) is 11.0. The van der Waals surface area contributed by atoms with Crippen LogP contribution in [-0.4, -0.2) is 44.1 Å². The molecule has 1 aromatic carbocycles. The lowest BCUT2D eigenvalue weighted by atomic mass is 9.92. The van der Waals surface area contributed by atoms with E-state index in [1.165, 1.54) is 10.4 Å². The summed E-state index contributed by atoms with van der Waals surface area (Å²) in [5.41, 5.74) is 1.22. The van der Waals surface area contributed by atoms with E-state index in [4.69, 9.17) is 9.73 Å². The molecule has 1 aromatic heterocycles. The number of nitrogens with one attached hydrogen (secondary N) is 3. The molecule has 0 saturated heterocycles. The van der Waals surface area contributed by atoms with Crippen LogP contribution < -0.4 is 20.7 Å². The molecular weight excluding hydrogens is 535 g/mol. The van der Waals surface area contributed by atoms with Crippen LogP contribution in [0.15, 0.2) is 46.8 Å². The molecule has 0 unspecified atom stereocenters. The molecule has 8 heteroatoms. The summed E-state index contributed by atoms with van der Waals surface area (Å²) in [4.78, 5) is 17.9. The molecule has 1 amide bonds. The molecule has 1 heterocycles. The average Bonchev–Trinajstić information content (AvgIpc) is 3.38. The average molecular weight is 571 g/mol. The zero-order valence-electron chi connectivity index (χ0n) is 19.1. The van der Waals surface area contributed by atoms with Gasteiger partial charge in [-0.15, -0.1) is 35.3 Å². The van der Waals surface area contributed by atoms with Gasteiger partial charge in [0.05, 0.1) is 6.54 Å². The molecule has 1 fully saturated rings. The maximum Gasteiger partial charge on any atom is 0.258 e. The number of nitrogens with zero attached hydrogens (tertiary/aromatic N) is 1. The largest absolute Gasteiger partial charge is 0.484 e. The number of aliphatic imine (C=N–C) groups is 1. The fraction of sp³-hybridized carbons (Fsp3) is 0.500. The van der Waals surface area contributed by atoms with Crippen molar-refractivity contribution in [1.29, 1.82) is 0 Å². The van der Waals surface area contributed by atoms with Gasteiger partial charge in [-0.2, -0.15) is 0 Å². The summed E-state index contributed by atoms with van der Waals surface area (Å²) in [6.07, 6.45) is 3.04. The Bertz CT molecular complexity index is 849. The van der Waals surface area contributed by atoms with Crippen LogP contribution >= 0.6 is 35.3 Å². The summed E-state index contributed by atoms with van der Waals surface area (Å²) in [6, 6.07) is 12.6. The molecule has 3 rings (SSSR count). The van der Waals surface area contributed by atoms with Crippen molar-refractivity contribution in [3.05, 3.63) is 52.2 Å². The number of hydrogen-bond donors (Lipinski definition) is 3. The van der Waals surface area contributed by atoms with Crippen molar-refractivity contribution in [2.75, 3.05) is 26.2 Å². The monoisotopic (exact) mass is 570 g/mol. The van der Waals surface area contributed by atoms with E-state index in [1.54, 1.807) is 11.3 Å². The van der Waals surface area contributed by atoms with Gasteiger partial charge in [0.2, 0.25) is 0 Å². The molecule has 1 aliphatic carbocycles. The van der Waals surface area contributed by atoms with Crippen molar-refractivity contribution in [2.45, 2.75) is 51.5 Å². The van der Waals surface area contributed by atoms with E-state index in [-0.39, 0.29) is 41.9 Å². The van der Waals surface area contributed by atoms with E-state index in [0.717, 1.165) is 44.9 Å². The number of carbonyl (C=O) groups is 1. The number of carbonyl (C=O) groups excluding carboxylic acids is 1. The summed E-state index contributed by atoms with van der Waals surface area (Å²) in [5, 5.41) is 11.8. The van der Waals surface area contributed by atoms with E-state index in [0.29, 0.717) is 11.8 Å². The minimum atomic E-state index is -0.0479. The fourth-order valence-corrected chi connectivity index (χ4v) is 3.93. The first-order valence-corrected chi connectivity index (χ1v) is 11.9. The molecule has 2 aromatic rings. The first kappa shape index (κ1) is 26.4. The number of ether oxygens (including phenoxy) is 1. The first-order chi connectivity index (χ1) is 15.0. The Labute approximate surface area is 212 Å². The second kappa shape index (κ2) is 13.0. The third-order valence-electron chi connectivity index (χ3n) is 5.11. The molecule has 32 heavy (non-hydrogen) atoms. The summed E-state index contributed by atoms with van der Waals surface area (Å²) < 4.78 is 5.56. The zero-order chi connectivity index (χ0) is 22.1. The fourth-order valence-electron chi connectivity index (χ4n) is 3.08. The molecule has 6 nitrogen and oxygen atoms in total. The van der Waals surface area contributed by atoms with E-state index in [1.807, 2.05) is 24.3 Å². The van der Waals surface area contributed by atoms with Gasteiger partial charge >= 0.3 is 0 Å². The maximum absolute atomic E-state index is 11.7. The highest BCUT2D eigenvalue weighted by molar-refractivity contribution is 14.0. The van der Waals surface area contributed by atoms with Crippen LogP contribution in [-0.2, 0) is 16.6 Å². The highest BCUT2D eigenvalue weighted by Crippen LogP contribution is 2.27. The van der Waals surface area contributed by atoms with E-state index >= 15 is 0 Å². The Morgan fingerprint density at radius 2 is 1.94 bits per heavy atom. The zero-order valence-corrected chi connectivity index (χ0v) is 22.3. The van der Waals surface area contributed by atoms with Gasteiger partial charge in [0.1, 0.15) is 5.75 Å². The summed E-state index contributed by atoms with van der Waals surface area (Å²) >= 11 is 1.78. The standard InChI is InChI=1S/C24H34N4O2S.HI/c1-4-25-23(27-17-24(2,3)21-6-5-15-31-21)26-14-13-18-7-11-20(12-8-18)30-16-22(29)28-19-9-10-19;/h5-8,11-12,15,19H,4,9-10,13-14,16-17H2,1-3H3,(H,28,29)(H2,25,26,27);1H. The highest BCUT2D eigenvalue weighted by atomic mass is 127. The van der Waals surface area contributed by atoms with Gasteiger partial charge in [-0.05, 0) is 55.3 Å². The number of hydrogen-bond acceptors (Lipinski definition) is 4. The normalized spacial score (nSPS) is 13.8. The topological polar surface area (TPSA) is 74.8 Å². The number of thiophene rings is 1. The SMILES string of the molecule is CCNC(=NCC(C)(C)c1cccs1)NCCc1ccc(OCC(=O)NC2CC2)cc1.I. The summed E-state index contributed by atoms with van der Waals surface area (Å²) in [6.45, 7) is 8.94. The minimum Gasteiger partial charge on any atom is -0.484 e. The molecule has 1 aliphatic rings. The van der Waals surface area contributed by atoms with Crippen molar-refractivity contribution in [1.82, 2.24) is 16.0 Å². The molecule has 1 saturated carbocycles. The second-order valence-electron chi connectivity index (χ2n) is 8.51. The Morgan fingerprint density at radius 1 is 1.19 bits per heavy atom. The van der Waals surface area contributed by atoms with Crippen LogP contribution in [0.2, 0.25) is 0 Å². The third kappa shape index (κ3) is 8.97. The lowest BCUT2D eigenvalue weighted by Crippen LogP contribution is -2.39. The number of halogens is 1. The van der Waals surface area contributed by atoms with Crippen LogP contribution in [0.25, 0.3) is 0 Å². The van der Waals surface area contributed by atoms with Crippen molar-refractivity contribution in [2.24, 2.45) is 4.99 Å². The number of rotatable bonds is 11. The van der Waals surface area contributed by atoms with E-state index in [2.05, 4.69) is 54.2 Å². The third-order valence-corrected chi connectivity index (χ3v) is 6.34. The lowest BCUT2D eigenvalue weighted by molar-refractivity contribution is -0.123. The van der Waals surface area contributed by atoms with Gasteiger partial charge in [-0.3, -0.25) is 9.79 Å². The summed E-state index contributed by atoms with van der Waals surface area (Å²) in [7, 11) is 0. The van der Waals surface area contributed by atoms with Gasteiger partial charge in [0.25, 0.3) is 5.91 Å². The number of benzene rings is 1. The quantitative estimate of drug-likeness (QED) is 0.216. The lowest BCUT2D eigenvalue weighted by Gasteiger charge is -2.21. The Balaban J connectivity index is 0.00000363. The van der Waals surface area contributed by atoms with Crippen molar-refractivity contribution in [3.8, 4) is 5.75 Å².